The van der Waals surface area contributed by atoms with E-state index in [2.05, 4.69) is 25.0 Å². The number of rotatable bonds is 5. The first kappa shape index (κ1) is 14.0. The Morgan fingerprint density at radius 2 is 2.29 bits per heavy atom. The molecule has 0 fully saturated rings. The van der Waals surface area contributed by atoms with E-state index in [0.717, 1.165) is 39.8 Å². The highest BCUT2D eigenvalue weighted by molar-refractivity contribution is 7.11. The zero-order chi connectivity index (χ0) is 14.7. The largest absolute Gasteiger partial charge is 0.382 e. The second-order valence-electron chi connectivity index (χ2n) is 4.57. The van der Waals surface area contributed by atoms with E-state index >= 15 is 0 Å². The highest BCUT2D eigenvalue weighted by Crippen LogP contribution is 2.36. The summed E-state index contributed by atoms with van der Waals surface area (Å²) in [5.74, 6) is 0.542. The van der Waals surface area contributed by atoms with Crippen LogP contribution in [0.1, 0.15) is 10.7 Å². The monoisotopic (exact) mass is 317 g/mol. The summed E-state index contributed by atoms with van der Waals surface area (Å²) < 4.78 is 4.24. The van der Waals surface area contributed by atoms with Crippen molar-refractivity contribution in [2.45, 2.75) is 13.3 Å². The van der Waals surface area contributed by atoms with Gasteiger partial charge in [-0.1, -0.05) is 6.07 Å². The van der Waals surface area contributed by atoms with Gasteiger partial charge in [0, 0.05) is 42.0 Å². The molecular formula is C14H15N5S2. The normalized spacial score (nSPS) is 10.7. The molecule has 0 aliphatic rings. The Morgan fingerprint density at radius 3 is 3.00 bits per heavy atom. The number of thiazole rings is 1. The van der Waals surface area contributed by atoms with E-state index in [9.17, 15) is 0 Å². The highest BCUT2D eigenvalue weighted by atomic mass is 32.1. The number of nitrogens with zero attached hydrogens (tertiary/aromatic N) is 3. The van der Waals surface area contributed by atoms with E-state index in [1.807, 2.05) is 19.1 Å². The third kappa shape index (κ3) is 3.20. The summed E-state index contributed by atoms with van der Waals surface area (Å²) in [6.07, 6.45) is 4.44. The lowest BCUT2D eigenvalue weighted by Crippen LogP contribution is -2.04. The number of nitrogens with one attached hydrogen (secondary N) is 1. The molecule has 0 unspecified atom stereocenters. The smallest absolute Gasteiger partial charge is 0.147 e. The number of anilines is 2. The fraction of sp³-hybridized carbons (Fsp3) is 0.214. The van der Waals surface area contributed by atoms with Gasteiger partial charge in [-0.25, -0.2) is 4.98 Å². The third-order valence-electron chi connectivity index (χ3n) is 2.96. The van der Waals surface area contributed by atoms with Crippen LogP contribution in [0.15, 0.2) is 29.9 Å². The molecule has 0 spiro atoms. The summed E-state index contributed by atoms with van der Waals surface area (Å²) in [6.45, 7) is 2.82. The quantitative estimate of drug-likeness (QED) is 0.755. The van der Waals surface area contributed by atoms with E-state index in [1.165, 1.54) is 11.5 Å². The van der Waals surface area contributed by atoms with Gasteiger partial charge in [0.05, 0.1) is 10.6 Å². The lowest BCUT2D eigenvalue weighted by Gasteiger charge is -2.06. The fourth-order valence-electron chi connectivity index (χ4n) is 2.01. The van der Waals surface area contributed by atoms with Crippen LogP contribution in [0.25, 0.3) is 11.1 Å². The number of aryl methyl sites for hydroxylation is 1. The molecule has 0 aromatic carbocycles. The SMILES string of the molecule is Cc1csc(CCNc2snc(N)c2-c2cccnc2)n1. The van der Waals surface area contributed by atoms with Crippen LogP contribution in [0, 0.1) is 6.92 Å². The lowest BCUT2D eigenvalue weighted by atomic mass is 10.1. The second-order valence-corrected chi connectivity index (χ2v) is 6.29. The Balaban J connectivity index is 1.72. The molecule has 3 N–H and O–H groups in total. The van der Waals surface area contributed by atoms with Gasteiger partial charge in [-0.2, -0.15) is 4.37 Å². The van der Waals surface area contributed by atoms with Crippen molar-refractivity contribution in [2.24, 2.45) is 0 Å². The van der Waals surface area contributed by atoms with Crippen LogP contribution in [-0.2, 0) is 6.42 Å². The Morgan fingerprint density at radius 1 is 1.38 bits per heavy atom. The van der Waals surface area contributed by atoms with Crippen molar-refractivity contribution in [3.63, 3.8) is 0 Å². The predicted molar refractivity (Wildman–Crippen MR) is 88.8 cm³/mol. The zero-order valence-corrected chi connectivity index (χ0v) is 13.2. The Bertz CT molecular complexity index is 720. The maximum Gasteiger partial charge on any atom is 0.147 e. The van der Waals surface area contributed by atoms with Crippen molar-refractivity contribution in [3.8, 4) is 11.1 Å². The van der Waals surface area contributed by atoms with Crippen LogP contribution >= 0.6 is 22.9 Å². The molecule has 108 valence electrons. The van der Waals surface area contributed by atoms with Crippen molar-refractivity contribution in [1.82, 2.24) is 14.3 Å². The number of pyridine rings is 1. The number of nitrogens with two attached hydrogens (primary N) is 1. The van der Waals surface area contributed by atoms with Crippen LogP contribution < -0.4 is 11.1 Å². The minimum absolute atomic E-state index is 0.542. The maximum atomic E-state index is 5.98. The standard InChI is InChI=1S/C14H15N5S2/c1-9-8-20-11(18-9)4-6-17-14-12(13(15)19-21-14)10-3-2-5-16-7-10/h2-3,5,7-8,17H,4,6H2,1H3,(H2,15,19). The molecule has 3 aromatic rings. The van der Waals surface area contributed by atoms with Crippen LogP contribution in [0.5, 0.6) is 0 Å². The van der Waals surface area contributed by atoms with Crippen LogP contribution in [0.3, 0.4) is 0 Å². The highest BCUT2D eigenvalue weighted by Gasteiger charge is 2.13. The topological polar surface area (TPSA) is 76.7 Å². The van der Waals surface area contributed by atoms with E-state index in [4.69, 9.17) is 5.73 Å². The molecule has 3 heterocycles. The number of aromatic nitrogens is 3. The maximum absolute atomic E-state index is 5.98. The molecule has 3 aromatic heterocycles. The van der Waals surface area contributed by atoms with Crippen molar-refractivity contribution in [3.05, 3.63) is 40.6 Å². The Labute approximate surface area is 131 Å². The third-order valence-corrected chi connectivity index (χ3v) is 4.81. The summed E-state index contributed by atoms with van der Waals surface area (Å²) >= 11 is 3.07. The van der Waals surface area contributed by atoms with Crippen LogP contribution in [-0.4, -0.2) is 20.9 Å². The zero-order valence-electron chi connectivity index (χ0n) is 11.5. The summed E-state index contributed by atoms with van der Waals surface area (Å²) in [6, 6.07) is 3.89. The van der Waals surface area contributed by atoms with Crippen molar-refractivity contribution in [2.75, 3.05) is 17.6 Å². The minimum atomic E-state index is 0.542. The molecule has 21 heavy (non-hydrogen) atoms. The van der Waals surface area contributed by atoms with E-state index < -0.39 is 0 Å². The molecule has 0 atom stereocenters. The van der Waals surface area contributed by atoms with Gasteiger partial charge in [-0.3, -0.25) is 4.98 Å². The summed E-state index contributed by atoms with van der Waals surface area (Å²) in [4.78, 5) is 8.60. The van der Waals surface area contributed by atoms with Gasteiger partial charge in [0.15, 0.2) is 0 Å². The first-order valence-electron chi connectivity index (χ1n) is 6.54. The number of nitrogen functional groups attached to an aromatic ring is 1. The molecule has 3 rings (SSSR count). The summed E-state index contributed by atoms with van der Waals surface area (Å²) in [7, 11) is 0. The first-order chi connectivity index (χ1) is 10.2. The van der Waals surface area contributed by atoms with Crippen LogP contribution in [0.4, 0.5) is 10.8 Å². The van der Waals surface area contributed by atoms with Crippen LogP contribution in [0.2, 0.25) is 0 Å². The van der Waals surface area contributed by atoms with E-state index in [1.54, 1.807) is 23.7 Å². The molecule has 0 aliphatic heterocycles. The molecule has 7 heteroatoms. The molecule has 0 bridgehead atoms. The molecule has 0 radical (unpaired) electrons. The van der Waals surface area contributed by atoms with Gasteiger partial charge in [0.1, 0.15) is 10.8 Å². The first-order valence-corrected chi connectivity index (χ1v) is 8.20. The molecule has 0 amide bonds. The van der Waals surface area contributed by atoms with Gasteiger partial charge >= 0.3 is 0 Å². The molecule has 0 saturated heterocycles. The average Bonchev–Trinajstić information content (AvgIpc) is 3.06. The van der Waals surface area contributed by atoms with Gasteiger partial charge in [0.2, 0.25) is 0 Å². The van der Waals surface area contributed by atoms with E-state index in [-0.39, 0.29) is 0 Å². The van der Waals surface area contributed by atoms with Crippen molar-refractivity contribution in [1.29, 1.82) is 0 Å². The number of hydrogen-bond acceptors (Lipinski definition) is 7. The summed E-state index contributed by atoms with van der Waals surface area (Å²) in [5.41, 5.74) is 8.97. The summed E-state index contributed by atoms with van der Waals surface area (Å²) in [5, 5.41) is 7.60. The Hall–Kier alpha value is -1.99. The lowest BCUT2D eigenvalue weighted by molar-refractivity contribution is 0.991. The fourth-order valence-corrected chi connectivity index (χ4v) is 3.55. The predicted octanol–water partition coefficient (Wildman–Crippen LogP) is 3.21. The van der Waals surface area contributed by atoms with Crippen molar-refractivity contribution >= 4 is 33.7 Å². The average molecular weight is 317 g/mol. The van der Waals surface area contributed by atoms with Gasteiger partial charge < -0.3 is 11.1 Å². The minimum Gasteiger partial charge on any atom is -0.382 e. The van der Waals surface area contributed by atoms with Crippen molar-refractivity contribution < 1.29 is 0 Å². The molecular weight excluding hydrogens is 302 g/mol. The Kier molecular flexibility index (Phi) is 4.12. The van der Waals surface area contributed by atoms with Gasteiger partial charge in [0.25, 0.3) is 0 Å². The second kappa shape index (κ2) is 6.19. The van der Waals surface area contributed by atoms with Gasteiger partial charge in [-0.05, 0) is 24.5 Å². The molecule has 5 nitrogen and oxygen atoms in total. The molecule has 0 aliphatic carbocycles. The molecule has 0 saturated carbocycles. The number of hydrogen-bond donors (Lipinski definition) is 2. The van der Waals surface area contributed by atoms with Gasteiger partial charge in [-0.15, -0.1) is 11.3 Å². The van der Waals surface area contributed by atoms with E-state index in [0.29, 0.717) is 5.82 Å².